The van der Waals surface area contributed by atoms with Gasteiger partial charge in [-0.15, -0.1) is 0 Å². The lowest BCUT2D eigenvalue weighted by Crippen LogP contribution is -2.17. The van der Waals surface area contributed by atoms with Crippen LogP contribution in [-0.2, 0) is 6.18 Å². The van der Waals surface area contributed by atoms with Crippen LogP contribution in [0, 0.1) is 0 Å². The Bertz CT molecular complexity index is 379. The van der Waals surface area contributed by atoms with Gasteiger partial charge in [-0.3, -0.25) is 0 Å². The summed E-state index contributed by atoms with van der Waals surface area (Å²) in [6.07, 6.45) is -5.46. The molecule has 0 aliphatic heterocycles. The van der Waals surface area contributed by atoms with Crippen LogP contribution in [-0.4, -0.2) is 25.8 Å². The molecule has 96 valence electrons. The summed E-state index contributed by atoms with van der Waals surface area (Å²) in [7, 11) is 2.89. The highest BCUT2D eigenvalue weighted by molar-refractivity contribution is 5.37. The summed E-state index contributed by atoms with van der Waals surface area (Å²) >= 11 is 0. The number of methoxy groups -OCH3 is 1. The second kappa shape index (κ2) is 5.37. The molecule has 6 heteroatoms. The zero-order valence-electron chi connectivity index (χ0n) is 9.51. The number of benzene rings is 1. The normalized spacial score (nSPS) is 13.5. The van der Waals surface area contributed by atoms with Crippen LogP contribution in [0.25, 0.3) is 0 Å². The zero-order chi connectivity index (χ0) is 13.1. The van der Waals surface area contributed by atoms with E-state index in [1.54, 1.807) is 7.05 Å². The minimum Gasteiger partial charge on any atom is -0.497 e. The predicted octanol–water partition coefficient (Wildman–Crippen LogP) is 1.97. The van der Waals surface area contributed by atoms with Gasteiger partial charge in [-0.1, -0.05) is 0 Å². The van der Waals surface area contributed by atoms with Gasteiger partial charge in [-0.05, 0) is 30.8 Å². The highest BCUT2D eigenvalue weighted by Crippen LogP contribution is 2.33. The highest BCUT2D eigenvalue weighted by Gasteiger charge is 2.31. The first-order chi connectivity index (χ1) is 7.88. The number of halogens is 3. The lowest BCUT2D eigenvalue weighted by Gasteiger charge is -2.15. The molecule has 0 aliphatic carbocycles. The van der Waals surface area contributed by atoms with Gasteiger partial charge in [-0.25, -0.2) is 0 Å². The fraction of sp³-hybridized carbons (Fsp3) is 0.455. The first kappa shape index (κ1) is 13.8. The van der Waals surface area contributed by atoms with Gasteiger partial charge >= 0.3 is 6.18 Å². The van der Waals surface area contributed by atoms with Crippen molar-refractivity contribution in [3.63, 3.8) is 0 Å². The van der Waals surface area contributed by atoms with Crippen LogP contribution in [0.3, 0.4) is 0 Å². The molecule has 3 nitrogen and oxygen atoms in total. The van der Waals surface area contributed by atoms with Gasteiger partial charge in [0, 0.05) is 6.54 Å². The molecule has 0 aromatic heterocycles. The number of hydrogen-bond donors (Lipinski definition) is 2. The number of rotatable bonds is 4. The maximum Gasteiger partial charge on any atom is 0.416 e. The molecule has 1 unspecified atom stereocenters. The molecule has 1 aromatic rings. The zero-order valence-corrected chi connectivity index (χ0v) is 9.51. The van der Waals surface area contributed by atoms with E-state index in [-0.39, 0.29) is 17.9 Å². The standard InChI is InChI=1S/C11H14F3NO2/c1-15-6-10(16)7-3-8(11(12,13)14)5-9(4-7)17-2/h3-5,10,15-16H,6H2,1-2H3. The van der Waals surface area contributed by atoms with E-state index in [0.29, 0.717) is 0 Å². The van der Waals surface area contributed by atoms with E-state index in [9.17, 15) is 18.3 Å². The fourth-order valence-electron chi connectivity index (χ4n) is 1.41. The van der Waals surface area contributed by atoms with Crippen LogP contribution in [0.15, 0.2) is 18.2 Å². The Morgan fingerprint density at radius 2 is 2.00 bits per heavy atom. The average Bonchev–Trinajstić information content (AvgIpc) is 2.27. The molecule has 0 fully saturated rings. The number of ether oxygens (including phenoxy) is 1. The lowest BCUT2D eigenvalue weighted by atomic mass is 10.0. The van der Waals surface area contributed by atoms with Gasteiger partial charge < -0.3 is 15.2 Å². The fourth-order valence-corrected chi connectivity index (χ4v) is 1.41. The van der Waals surface area contributed by atoms with Crippen LogP contribution in [0.4, 0.5) is 13.2 Å². The number of nitrogens with one attached hydrogen (secondary N) is 1. The first-order valence-electron chi connectivity index (χ1n) is 4.97. The second-order valence-electron chi connectivity index (χ2n) is 3.57. The predicted molar refractivity (Wildman–Crippen MR) is 56.9 cm³/mol. The van der Waals surface area contributed by atoms with Crippen molar-refractivity contribution >= 4 is 0 Å². The number of alkyl halides is 3. The summed E-state index contributed by atoms with van der Waals surface area (Å²) in [5.74, 6) is 0.0741. The van der Waals surface area contributed by atoms with Gasteiger partial charge in [0.1, 0.15) is 5.75 Å². The van der Waals surface area contributed by atoms with Crippen molar-refractivity contribution in [1.29, 1.82) is 0 Å². The number of likely N-dealkylation sites (N-methyl/N-ethyl adjacent to an activating group) is 1. The molecule has 1 aromatic carbocycles. The van der Waals surface area contributed by atoms with Crippen molar-refractivity contribution in [3.8, 4) is 5.75 Å². The minimum atomic E-state index is -4.46. The smallest absolute Gasteiger partial charge is 0.416 e. The van der Waals surface area contributed by atoms with Gasteiger partial charge in [0.15, 0.2) is 0 Å². The maximum atomic E-state index is 12.6. The lowest BCUT2D eigenvalue weighted by molar-refractivity contribution is -0.137. The molecule has 1 rings (SSSR count). The van der Waals surface area contributed by atoms with Crippen molar-refractivity contribution in [1.82, 2.24) is 5.32 Å². The molecule has 0 saturated heterocycles. The topological polar surface area (TPSA) is 41.5 Å². The molecule has 0 amide bonds. The van der Waals surface area contributed by atoms with Crippen molar-refractivity contribution in [2.24, 2.45) is 0 Å². The Kier molecular flexibility index (Phi) is 4.36. The molecule has 0 spiro atoms. The number of aliphatic hydroxyl groups is 1. The summed E-state index contributed by atoms with van der Waals surface area (Å²) < 4.78 is 42.5. The number of hydrogen-bond acceptors (Lipinski definition) is 3. The molecule has 0 radical (unpaired) electrons. The summed E-state index contributed by atoms with van der Waals surface area (Å²) in [5, 5.41) is 12.3. The molecular formula is C11H14F3NO2. The van der Waals surface area contributed by atoms with E-state index in [0.717, 1.165) is 12.1 Å². The summed E-state index contributed by atoms with van der Waals surface area (Å²) in [6.45, 7) is 0.171. The van der Waals surface area contributed by atoms with Crippen LogP contribution < -0.4 is 10.1 Å². The van der Waals surface area contributed by atoms with Crippen LogP contribution in [0.1, 0.15) is 17.2 Å². The van der Waals surface area contributed by atoms with E-state index in [2.05, 4.69) is 5.32 Å². The third-order valence-corrected chi connectivity index (χ3v) is 2.27. The van der Waals surface area contributed by atoms with E-state index in [1.807, 2.05) is 0 Å². The summed E-state index contributed by atoms with van der Waals surface area (Å²) in [4.78, 5) is 0. The first-order valence-corrected chi connectivity index (χ1v) is 4.97. The Balaban J connectivity index is 3.14. The van der Waals surface area contributed by atoms with Crippen molar-refractivity contribution in [2.75, 3.05) is 20.7 Å². The van der Waals surface area contributed by atoms with E-state index < -0.39 is 17.8 Å². The third kappa shape index (κ3) is 3.61. The molecule has 0 aliphatic rings. The summed E-state index contributed by atoms with van der Waals surface area (Å²) in [5.41, 5.74) is -0.659. The van der Waals surface area contributed by atoms with Crippen LogP contribution >= 0.6 is 0 Å². The quantitative estimate of drug-likeness (QED) is 0.857. The monoisotopic (exact) mass is 249 g/mol. The SMILES string of the molecule is CNCC(O)c1cc(OC)cc(C(F)(F)F)c1. The Morgan fingerprint density at radius 1 is 1.35 bits per heavy atom. The Hall–Kier alpha value is -1.27. The third-order valence-electron chi connectivity index (χ3n) is 2.27. The molecule has 0 saturated carbocycles. The highest BCUT2D eigenvalue weighted by atomic mass is 19.4. The van der Waals surface area contributed by atoms with E-state index in [1.165, 1.54) is 13.2 Å². The molecule has 0 bridgehead atoms. The van der Waals surface area contributed by atoms with Crippen LogP contribution in [0.2, 0.25) is 0 Å². The minimum absolute atomic E-state index is 0.0741. The largest absolute Gasteiger partial charge is 0.497 e. The Labute approximate surface area is 97.2 Å². The number of aliphatic hydroxyl groups excluding tert-OH is 1. The average molecular weight is 249 g/mol. The van der Waals surface area contributed by atoms with E-state index >= 15 is 0 Å². The molecular weight excluding hydrogens is 235 g/mol. The second-order valence-corrected chi connectivity index (χ2v) is 3.57. The van der Waals surface area contributed by atoms with Crippen LogP contribution in [0.5, 0.6) is 5.75 Å². The van der Waals surface area contributed by atoms with Gasteiger partial charge in [0.2, 0.25) is 0 Å². The van der Waals surface area contributed by atoms with Gasteiger partial charge in [-0.2, -0.15) is 13.2 Å². The van der Waals surface area contributed by atoms with Crippen molar-refractivity contribution in [2.45, 2.75) is 12.3 Å². The van der Waals surface area contributed by atoms with Crippen molar-refractivity contribution in [3.05, 3.63) is 29.3 Å². The van der Waals surface area contributed by atoms with Gasteiger partial charge in [0.05, 0.1) is 18.8 Å². The molecule has 2 N–H and O–H groups in total. The Morgan fingerprint density at radius 3 is 2.47 bits per heavy atom. The van der Waals surface area contributed by atoms with E-state index in [4.69, 9.17) is 4.74 Å². The molecule has 0 heterocycles. The molecule has 17 heavy (non-hydrogen) atoms. The maximum absolute atomic E-state index is 12.6. The molecule has 1 atom stereocenters. The van der Waals surface area contributed by atoms with Gasteiger partial charge in [0.25, 0.3) is 0 Å². The van der Waals surface area contributed by atoms with Crippen molar-refractivity contribution < 1.29 is 23.0 Å². The summed E-state index contributed by atoms with van der Waals surface area (Å²) in [6, 6.07) is 3.21.